The average molecular weight is 580 g/mol. The van der Waals surface area contributed by atoms with E-state index in [0.29, 0.717) is 5.92 Å². The molecule has 0 saturated heterocycles. The highest BCUT2D eigenvalue weighted by atomic mass is 32.2. The van der Waals surface area contributed by atoms with E-state index in [0.717, 1.165) is 43.4 Å². The molecule has 0 radical (unpaired) electrons. The Kier molecular flexibility index (Phi) is 9.68. The summed E-state index contributed by atoms with van der Waals surface area (Å²) >= 11 is 1.60. The van der Waals surface area contributed by atoms with Gasteiger partial charge >= 0.3 is 6.36 Å². The molecule has 4 rings (SSSR count). The zero-order valence-corrected chi connectivity index (χ0v) is 22.6. The third kappa shape index (κ3) is 8.17. The summed E-state index contributed by atoms with van der Waals surface area (Å²) in [5.74, 6) is -1.39. The number of thioether (sulfide) groups is 1. The molecule has 1 aliphatic rings. The fourth-order valence-electron chi connectivity index (χ4n) is 4.82. The molecule has 1 aliphatic carbocycles. The average Bonchev–Trinajstić information content (AvgIpc) is 3.40. The van der Waals surface area contributed by atoms with Gasteiger partial charge in [-0.25, -0.2) is 18.4 Å². The molecule has 2 atom stereocenters. The summed E-state index contributed by atoms with van der Waals surface area (Å²) in [7, 11) is 0. The number of rotatable bonds is 10. The lowest BCUT2D eigenvalue weighted by Gasteiger charge is -2.37. The van der Waals surface area contributed by atoms with Gasteiger partial charge in [-0.05, 0) is 55.4 Å². The van der Waals surface area contributed by atoms with Crippen LogP contribution >= 0.6 is 11.8 Å². The lowest BCUT2D eigenvalue weighted by atomic mass is 9.88. The van der Waals surface area contributed by atoms with E-state index in [2.05, 4.69) is 20.9 Å². The van der Waals surface area contributed by atoms with Crippen LogP contribution in [0, 0.1) is 17.6 Å². The molecule has 3 aromatic rings. The van der Waals surface area contributed by atoms with E-state index in [4.69, 9.17) is 0 Å². The molecule has 0 bridgehead atoms. The maximum Gasteiger partial charge on any atom is 0.573 e. The van der Waals surface area contributed by atoms with E-state index < -0.39 is 28.8 Å². The molecule has 1 fully saturated rings. The van der Waals surface area contributed by atoms with Crippen molar-refractivity contribution < 1.29 is 31.8 Å². The fourth-order valence-corrected chi connectivity index (χ4v) is 6.37. The van der Waals surface area contributed by atoms with Crippen molar-refractivity contribution in [2.24, 2.45) is 5.92 Å². The van der Waals surface area contributed by atoms with E-state index in [1.54, 1.807) is 23.9 Å². The second kappa shape index (κ2) is 13.0. The van der Waals surface area contributed by atoms with Gasteiger partial charge in [0.1, 0.15) is 35.6 Å². The van der Waals surface area contributed by atoms with E-state index >= 15 is 0 Å². The first-order valence-corrected chi connectivity index (χ1v) is 13.8. The van der Waals surface area contributed by atoms with Crippen LogP contribution in [0.1, 0.15) is 43.7 Å². The minimum absolute atomic E-state index is 0.0216. The Morgan fingerprint density at radius 3 is 2.42 bits per heavy atom. The van der Waals surface area contributed by atoms with Crippen LogP contribution in [0.25, 0.3) is 6.08 Å². The second-order valence-corrected chi connectivity index (χ2v) is 11.5. The predicted molar refractivity (Wildman–Crippen MR) is 144 cm³/mol. The molecule has 1 aromatic heterocycles. The Morgan fingerprint density at radius 2 is 1.80 bits per heavy atom. The summed E-state index contributed by atoms with van der Waals surface area (Å²) in [5, 5.41) is 15.6. The van der Waals surface area contributed by atoms with Crippen molar-refractivity contribution in [2.45, 2.75) is 61.6 Å². The molecule has 5 nitrogen and oxygen atoms in total. The highest BCUT2D eigenvalue weighted by Gasteiger charge is 2.41. The highest BCUT2D eigenvalue weighted by Crippen LogP contribution is 2.42. The number of hydrogen-bond donors (Lipinski definition) is 1. The number of hydrogen-bond acceptors (Lipinski definition) is 5. The first kappa shape index (κ1) is 29.8. The van der Waals surface area contributed by atoms with Gasteiger partial charge in [0.15, 0.2) is 0 Å². The molecular weight excluding hydrogens is 549 g/mol. The van der Waals surface area contributed by atoms with Crippen LogP contribution < -0.4 is 4.74 Å². The number of aliphatic hydroxyl groups is 1. The fraction of sp³-hybridized carbons (Fsp3) is 0.379. The van der Waals surface area contributed by atoms with Gasteiger partial charge in [-0.15, -0.1) is 13.2 Å². The molecule has 214 valence electrons. The summed E-state index contributed by atoms with van der Waals surface area (Å²) in [6, 6.07) is 8.86. The second-order valence-electron chi connectivity index (χ2n) is 9.82. The minimum atomic E-state index is -4.71. The number of ether oxygens (including phenoxy) is 1. The summed E-state index contributed by atoms with van der Waals surface area (Å²) in [5.41, 5.74) is -0.853. The predicted octanol–water partition coefficient (Wildman–Crippen LogP) is 7.29. The Labute approximate surface area is 233 Å². The Hall–Kier alpha value is -3.18. The largest absolute Gasteiger partial charge is 0.573 e. The van der Waals surface area contributed by atoms with Crippen molar-refractivity contribution in [1.82, 2.24) is 14.8 Å². The molecular formula is C29H30F5N3O2S. The molecule has 11 heteroatoms. The highest BCUT2D eigenvalue weighted by molar-refractivity contribution is 8.00. The van der Waals surface area contributed by atoms with Gasteiger partial charge in [-0.1, -0.05) is 49.4 Å². The summed E-state index contributed by atoms with van der Waals surface area (Å²) in [6.45, 7) is 1.83. The molecule has 1 heterocycles. The zero-order valence-electron chi connectivity index (χ0n) is 21.8. The molecule has 0 aliphatic heterocycles. The molecule has 2 unspecified atom stereocenters. The van der Waals surface area contributed by atoms with Gasteiger partial charge in [0.2, 0.25) is 0 Å². The number of nitrogens with zero attached hydrogens (tertiary/aromatic N) is 3. The monoisotopic (exact) mass is 579 g/mol. The van der Waals surface area contributed by atoms with Crippen molar-refractivity contribution in [2.75, 3.05) is 0 Å². The van der Waals surface area contributed by atoms with Crippen LogP contribution in [0.4, 0.5) is 22.0 Å². The SMILES string of the molecule is CC(SC1CCC(/C=C/C=C/c2ccc(OC(F)(F)F)cc2)CC1)C(O)(Cn1cncn1)c1ccc(F)cc1F. The van der Waals surface area contributed by atoms with Crippen molar-refractivity contribution in [3.63, 3.8) is 0 Å². The Balaban J connectivity index is 1.31. The lowest BCUT2D eigenvalue weighted by molar-refractivity contribution is -0.274. The first-order valence-electron chi connectivity index (χ1n) is 12.9. The number of benzene rings is 2. The number of alkyl halides is 3. The number of aromatic nitrogens is 3. The smallest absolute Gasteiger partial charge is 0.406 e. The van der Waals surface area contributed by atoms with E-state index in [1.807, 2.05) is 25.2 Å². The van der Waals surface area contributed by atoms with E-state index in [9.17, 15) is 27.1 Å². The third-order valence-corrected chi connectivity index (χ3v) is 8.61. The standard InChI is InChI=1S/C29H30F5N3O2S/c1-20(28(38,17-37-19-35-18-36-37)26-15-10-23(30)16-27(26)31)40-25-13-8-22(9-14-25)5-3-2-4-21-6-11-24(12-7-21)39-29(32,33)34/h2-7,10-12,15-16,18-20,22,25,38H,8-9,13-14,17H2,1H3/b4-2+,5-3+. The van der Waals surface area contributed by atoms with Crippen molar-refractivity contribution in [3.05, 3.63) is 96.1 Å². The maximum absolute atomic E-state index is 14.8. The summed E-state index contributed by atoms with van der Waals surface area (Å²) < 4.78 is 70.5. The van der Waals surface area contributed by atoms with Crippen LogP contribution in [0.5, 0.6) is 5.75 Å². The van der Waals surface area contributed by atoms with Crippen molar-refractivity contribution >= 4 is 17.8 Å². The number of allylic oxidation sites excluding steroid dienone is 3. The first-order chi connectivity index (χ1) is 19.0. The van der Waals surface area contributed by atoms with Gasteiger partial charge in [0, 0.05) is 22.1 Å². The Bertz CT molecular complexity index is 1290. The van der Waals surface area contributed by atoms with Crippen molar-refractivity contribution in [1.29, 1.82) is 0 Å². The van der Waals surface area contributed by atoms with E-state index in [1.165, 1.54) is 35.5 Å². The molecule has 40 heavy (non-hydrogen) atoms. The maximum atomic E-state index is 14.8. The Morgan fingerprint density at radius 1 is 1.07 bits per heavy atom. The van der Waals surface area contributed by atoms with Crippen LogP contribution in [0.3, 0.4) is 0 Å². The van der Waals surface area contributed by atoms with Gasteiger partial charge < -0.3 is 9.84 Å². The molecule has 1 N–H and O–H groups in total. The van der Waals surface area contributed by atoms with Gasteiger partial charge in [0.05, 0.1) is 6.54 Å². The normalized spacial score (nSPS) is 20.6. The van der Waals surface area contributed by atoms with Gasteiger partial charge in [-0.2, -0.15) is 16.9 Å². The molecule has 0 amide bonds. The van der Waals surface area contributed by atoms with Crippen molar-refractivity contribution in [3.8, 4) is 5.75 Å². The van der Waals surface area contributed by atoms with Crippen LogP contribution in [-0.4, -0.2) is 36.7 Å². The summed E-state index contributed by atoms with van der Waals surface area (Å²) in [4.78, 5) is 3.91. The third-order valence-electron chi connectivity index (χ3n) is 6.95. The van der Waals surface area contributed by atoms with E-state index in [-0.39, 0.29) is 23.1 Å². The van der Waals surface area contributed by atoms with Crippen LogP contribution in [-0.2, 0) is 12.1 Å². The van der Waals surface area contributed by atoms with Gasteiger partial charge in [-0.3, -0.25) is 0 Å². The number of halogens is 5. The van der Waals surface area contributed by atoms with Crippen LogP contribution in [0.15, 0.2) is 73.3 Å². The topological polar surface area (TPSA) is 60.2 Å². The molecule has 1 saturated carbocycles. The van der Waals surface area contributed by atoms with Crippen LogP contribution in [0.2, 0.25) is 0 Å². The quantitative estimate of drug-likeness (QED) is 0.202. The molecule has 0 spiro atoms. The summed E-state index contributed by atoms with van der Waals surface area (Å²) in [6.07, 6.45) is 9.53. The lowest BCUT2D eigenvalue weighted by Crippen LogP contribution is -2.42. The molecule has 2 aromatic carbocycles. The minimum Gasteiger partial charge on any atom is -0.406 e. The van der Waals surface area contributed by atoms with Gasteiger partial charge in [0.25, 0.3) is 0 Å². The zero-order chi connectivity index (χ0) is 28.8.